The van der Waals surface area contributed by atoms with Crippen molar-refractivity contribution >= 4 is 22.4 Å². The molecule has 1 amide bonds. The Morgan fingerprint density at radius 1 is 1.00 bits per heavy atom. The fourth-order valence-corrected chi connectivity index (χ4v) is 3.41. The van der Waals surface area contributed by atoms with Gasteiger partial charge in [0.25, 0.3) is 11.5 Å². The zero-order valence-corrected chi connectivity index (χ0v) is 17.0. The number of hydrogen-bond donors (Lipinski definition) is 2. The number of amides is 1. The Kier molecular flexibility index (Phi) is 5.12. The number of aromatic amines is 2. The van der Waals surface area contributed by atoms with Crippen molar-refractivity contribution in [3.8, 4) is 11.5 Å². The highest BCUT2D eigenvalue weighted by molar-refractivity contribution is 6.06. The van der Waals surface area contributed by atoms with Gasteiger partial charge in [0.15, 0.2) is 5.75 Å². The molecule has 0 saturated heterocycles. The molecule has 2 aromatic heterocycles. The van der Waals surface area contributed by atoms with Crippen molar-refractivity contribution in [1.82, 2.24) is 15.0 Å². The fourth-order valence-electron chi connectivity index (χ4n) is 3.41. The van der Waals surface area contributed by atoms with Gasteiger partial charge in [0, 0.05) is 31.4 Å². The molecule has 0 saturated carbocycles. The molecule has 0 bridgehead atoms. The van der Waals surface area contributed by atoms with E-state index in [1.165, 1.54) is 5.01 Å². The van der Waals surface area contributed by atoms with Gasteiger partial charge in [0.2, 0.25) is 0 Å². The highest BCUT2D eigenvalue weighted by atomic mass is 16.5. The molecule has 0 spiro atoms. The van der Waals surface area contributed by atoms with E-state index in [2.05, 4.69) is 9.97 Å². The molecule has 0 aliphatic carbocycles. The quantitative estimate of drug-likeness (QED) is 0.493. The SMILES string of the molecule is Cc1[nH]cc2cc(C(=O)N(c3ccccc3Oc3ccccc3)N(C)C)[nH]c(=O)c12. The summed E-state index contributed by atoms with van der Waals surface area (Å²) in [6, 6.07) is 18.3. The van der Waals surface area contributed by atoms with Crippen LogP contribution in [0.5, 0.6) is 11.5 Å². The zero-order chi connectivity index (χ0) is 21.3. The number of anilines is 1. The Morgan fingerprint density at radius 3 is 2.43 bits per heavy atom. The van der Waals surface area contributed by atoms with Gasteiger partial charge in [-0.1, -0.05) is 30.3 Å². The summed E-state index contributed by atoms with van der Waals surface area (Å²) < 4.78 is 6.03. The van der Waals surface area contributed by atoms with Gasteiger partial charge in [0.1, 0.15) is 17.1 Å². The molecule has 0 unspecified atom stereocenters. The molecule has 2 aromatic carbocycles. The number of pyridine rings is 1. The van der Waals surface area contributed by atoms with Crippen molar-refractivity contribution in [3.63, 3.8) is 0 Å². The van der Waals surface area contributed by atoms with E-state index < -0.39 is 0 Å². The van der Waals surface area contributed by atoms with Gasteiger partial charge >= 0.3 is 0 Å². The van der Waals surface area contributed by atoms with E-state index >= 15 is 0 Å². The highest BCUT2D eigenvalue weighted by Gasteiger charge is 2.25. The lowest BCUT2D eigenvalue weighted by Crippen LogP contribution is -2.43. The number of para-hydroxylation sites is 3. The first kappa shape index (κ1) is 19.5. The molecule has 7 nitrogen and oxygen atoms in total. The molecule has 2 N–H and O–H groups in total. The molecular formula is C23H22N4O3. The number of hydrazine groups is 1. The smallest absolute Gasteiger partial charge is 0.289 e. The predicted octanol–water partition coefficient (Wildman–Crippen LogP) is 4.08. The van der Waals surface area contributed by atoms with Crippen LogP contribution in [0.15, 0.2) is 71.7 Å². The molecule has 30 heavy (non-hydrogen) atoms. The summed E-state index contributed by atoms with van der Waals surface area (Å²) in [7, 11) is 3.52. The van der Waals surface area contributed by atoms with Crippen molar-refractivity contribution in [1.29, 1.82) is 0 Å². The minimum atomic E-state index is -0.373. The predicted molar refractivity (Wildman–Crippen MR) is 117 cm³/mol. The number of nitrogens with one attached hydrogen (secondary N) is 2. The van der Waals surface area contributed by atoms with Crippen LogP contribution in [0.4, 0.5) is 5.69 Å². The van der Waals surface area contributed by atoms with E-state index in [9.17, 15) is 9.59 Å². The van der Waals surface area contributed by atoms with Crippen molar-refractivity contribution in [2.45, 2.75) is 6.92 Å². The number of ether oxygens (including phenoxy) is 1. The largest absolute Gasteiger partial charge is 0.455 e. The Balaban J connectivity index is 1.77. The summed E-state index contributed by atoms with van der Waals surface area (Å²) in [6.07, 6.45) is 1.73. The normalized spacial score (nSPS) is 11.1. The van der Waals surface area contributed by atoms with Crippen molar-refractivity contribution in [3.05, 3.63) is 88.6 Å². The summed E-state index contributed by atoms with van der Waals surface area (Å²) >= 11 is 0. The maximum atomic E-state index is 13.4. The van der Waals surface area contributed by atoms with Gasteiger partial charge in [-0.3, -0.25) is 9.59 Å². The zero-order valence-electron chi connectivity index (χ0n) is 17.0. The maximum Gasteiger partial charge on any atom is 0.289 e. The molecule has 0 aliphatic rings. The van der Waals surface area contributed by atoms with E-state index in [-0.39, 0.29) is 17.2 Å². The van der Waals surface area contributed by atoms with Crippen molar-refractivity contribution < 1.29 is 9.53 Å². The van der Waals surface area contributed by atoms with Crippen LogP contribution in [0, 0.1) is 6.92 Å². The van der Waals surface area contributed by atoms with Crippen LogP contribution in [-0.4, -0.2) is 35.0 Å². The number of carbonyl (C=O) groups excluding carboxylic acids is 1. The van der Waals surface area contributed by atoms with E-state index in [4.69, 9.17) is 4.74 Å². The first-order valence-electron chi connectivity index (χ1n) is 9.50. The molecule has 0 atom stereocenters. The van der Waals surface area contributed by atoms with Crippen LogP contribution < -0.4 is 15.3 Å². The van der Waals surface area contributed by atoms with Crippen LogP contribution >= 0.6 is 0 Å². The number of H-pyrrole nitrogens is 2. The van der Waals surface area contributed by atoms with Crippen molar-refractivity contribution in [2.75, 3.05) is 19.1 Å². The third-order valence-electron chi connectivity index (χ3n) is 4.77. The summed E-state index contributed by atoms with van der Waals surface area (Å²) in [5, 5.41) is 4.36. The Hall–Kier alpha value is -3.84. The molecule has 152 valence electrons. The van der Waals surface area contributed by atoms with Crippen LogP contribution in [0.3, 0.4) is 0 Å². The third-order valence-corrected chi connectivity index (χ3v) is 4.77. The van der Waals surface area contributed by atoms with Gasteiger partial charge < -0.3 is 14.7 Å². The molecule has 0 radical (unpaired) electrons. The molecule has 4 aromatic rings. The number of carbonyl (C=O) groups is 1. The first-order chi connectivity index (χ1) is 14.5. The topological polar surface area (TPSA) is 81.4 Å². The number of hydrogen-bond acceptors (Lipinski definition) is 4. The lowest BCUT2D eigenvalue weighted by Gasteiger charge is -2.30. The van der Waals surface area contributed by atoms with E-state index in [1.54, 1.807) is 43.5 Å². The minimum absolute atomic E-state index is 0.190. The second-order valence-corrected chi connectivity index (χ2v) is 7.10. The number of benzene rings is 2. The van der Waals surface area contributed by atoms with Gasteiger partial charge in [0.05, 0.1) is 5.39 Å². The lowest BCUT2D eigenvalue weighted by atomic mass is 10.2. The second kappa shape index (κ2) is 7.88. The number of rotatable bonds is 5. The maximum absolute atomic E-state index is 13.4. The van der Waals surface area contributed by atoms with Crippen LogP contribution in [0.1, 0.15) is 16.2 Å². The van der Waals surface area contributed by atoms with Crippen LogP contribution in [-0.2, 0) is 0 Å². The van der Waals surface area contributed by atoms with Gasteiger partial charge in [-0.15, -0.1) is 0 Å². The van der Waals surface area contributed by atoms with Crippen LogP contribution in [0.2, 0.25) is 0 Å². The number of nitrogens with zero attached hydrogens (tertiary/aromatic N) is 2. The third kappa shape index (κ3) is 3.58. The van der Waals surface area contributed by atoms with Gasteiger partial charge in [-0.25, -0.2) is 10.0 Å². The number of fused-ring (bicyclic) bond motifs is 1. The summed E-state index contributed by atoms with van der Waals surface area (Å²) in [5.74, 6) is 0.808. The number of aromatic nitrogens is 2. The lowest BCUT2D eigenvalue weighted by molar-refractivity contribution is 0.0924. The van der Waals surface area contributed by atoms with E-state index in [0.29, 0.717) is 28.0 Å². The molecule has 4 rings (SSSR count). The van der Waals surface area contributed by atoms with E-state index in [0.717, 1.165) is 5.69 Å². The Morgan fingerprint density at radius 2 is 1.70 bits per heavy atom. The first-order valence-corrected chi connectivity index (χ1v) is 9.50. The Labute approximate surface area is 173 Å². The minimum Gasteiger partial charge on any atom is -0.455 e. The van der Waals surface area contributed by atoms with Gasteiger partial charge in [-0.05, 0) is 37.3 Å². The number of aryl methyl sites for hydroxylation is 1. The second-order valence-electron chi connectivity index (χ2n) is 7.10. The summed E-state index contributed by atoms with van der Waals surface area (Å²) in [5.41, 5.74) is 1.20. The summed E-state index contributed by atoms with van der Waals surface area (Å²) in [6.45, 7) is 1.82. The van der Waals surface area contributed by atoms with E-state index in [1.807, 2.05) is 49.4 Å². The molecule has 7 heteroatoms. The molecular weight excluding hydrogens is 380 g/mol. The monoisotopic (exact) mass is 402 g/mol. The summed E-state index contributed by atoms with van der Waals surface area (Å²) in [4.78, 5) is 31.7. The average molecular weight is 402 g/mol. The molecule has 0 fully saturated rings. The van der Waals surface area contributed by atoms with Crippen LogP contribution in [0.25, 0.3) is 10.8 Å². The standard InChI is InChI=1S/C23H22N4O3/c1-15-21-16(14-24-15)13-18(25-22(21)28)23(29)27(26(2)3)19-11-7-8-12-20(19)30-17-9-5-4-6-10-17/h4-14,24H,1-3H3,(H,25,28). The van der Waals surface area contributed by atoms with Crippen molar-refractivity contribution in [2.24, 2.45) is 0 Å². The fraction of sp³-hybridized carbons (Fsp3) is 0.130. The van der Waals surface area contributed by atoms with Gasteiger partial charge in [-0.2, -0.15) is 0 Å². The highest BCUT2D eigenvalue weighted by Crippen LogP contribution is 2.33. The molecule has 2 heterocycles. The molecule has 0 aliphatic heterocycles. The Bertz CT molecular complexity index is 1260. The average Bonchev–Trinajstić information content (AvgIpc) is 3.11.